The minimum absolute atomic E-state index is 0.0429. The van der Waals surface area contributed by atoms with E-state index in [2.05, 4.69) is 39.0 Å². The van der Waals surface area contributed by atoms with Crippen molar-refractivity contribution in [1.82, 2.24) is 10.3 Å². The summed E-state index contributed by atoms with van der Waals surface area (Å²) in [5.41, 5.74) is 1.35. The van der Waals surface area contributed by atoms with Gasteiger partial charge in [-0.15, -0.1) is 0 Å². The van der Waals surface area contributed by atoms with Crippen LogP contribution in [0.25, 0.3) is 10.9 Å². The Morgan fingerprint density at radius 2 is 2.18 bits per heavy atom. The van der Waals surface area contributed by atoms with Crippen molar-refractivity contribution in [2.24, 2.45) is 0 Å². The molecule has 118 valence electrons. The lowest BCUT2D eigenvalue weighted by Crippen LogP contribution is -2.42. The van der Waals surface area contributed by atoms with Gasteiger partial charge in [-0.05, 0) is 55.5 Å². The van der Waals surface area contributed by atoms with Crippen molar-refractivity contribution in [3.63, 3.8) is 0 Å². The minimum atomic E-state index is -0.596. The zero-order valence-corrected chi connectivity index (χ0v) is 15.1. The lowest BCUT2D eigenvalue weighted by Gasteiger charge is -2.23. The largest absolute Gasteiger partial charge is 0.490 e. The van der Waals surface area contributed by atoms with E-state index in [1.165, 1.54) is 0 Å². The Bertz CT molecular complexity index is 698. The number of aliphatic hydroxyl groups is 1. The number of nitrogens with zero attached hydrogens (tertiary/aromatic N) is 1. The van der Waals surface area contributed by atoms with Crippen molar-refractivity contribution < 1.29 is 9.84 Å². The molecule has 5 nitrogen and oxygen atoms in total. The van der Waals surface area contributed by atoms with E-state index in [-0.39, 0.29) is 12.1 Å². The molecule has 0 aliphatic carbocycles. The molecule has 0 amide bonds. The van der Waals surface area contributed by atoms with Crippen LogP contribution in [0.2, 0.25) is 0 Å². The highest BCUT2D eigenvalue weighted by Gasteiger charge is 2.16. The molecule has 1 aromatic carbocycles. The van der Waals surface area contributed by atoms with Crippen LogP contribution in [0.15, 0.2) is 18.2 Å². The van der Waals surface area contributed by atoms with Gasteiger partial charge in [0.25, 0.3) is 0 Å². The number of β-amino-alcohol motifs (C(OH)–C–C–N with tert-alkyl or cyclic N) is 1. The first kappa shape index (κ1) is 17.1. The van der Waals surface area contributed by atoms with Gasteiger partial charge in [0.15, 0.2) is 0 Å². The van der Waals surface area contributed by atoms with Gasteiger partial charge in [0.1, 0.15) is 30.2 Å². The summed E-state index contributed by atoms with van der Waals surface area (Å²) in [4.78, 5) is 3.06. The molecular formula is C16H20IN3O2. The molecule has 1 atom stereocenters. The summed E-state index contributed by atoms with van der Waals surface area (Å²) in [6.45, 7) is 6.81. The topological polar surface area (TPSA) is 81.1 Å². The van der Waals surface area contributed by atoms with Crippen LogP contribution in [-0.4, -0.2) is 34.9 Å². The number of hydrogen-bond acceptors (Lipinski definition) is 4. The van der Waals surface area contributed by atoms with Gasteiger partial charge in [0.05, 0.1) is 14.5 Å². The van der Waals surface area contributed by atoms with Crippen LogP contribution >= 0.6 is 22.6 Å². The lowest BCUT2D eigenvalue weighted by molar-refractivity contribution is 0.101. The molecular weight excluding hydrogens is 393 g/mol. The van der Waals surface area contributed by atoms with Crippen LogP contribution in [0.1, 0.15) is 26.5 Å². The van der Waals surface area contributed by atoms with Crippen LogP contribution in [0.4, 0.5) is 0 Å². The molecule has 0 radical (unpaired) electrons. The fourth-order valence-electron chi connectivity index (χ4n) is 2.04. The average molecular weight is 413 g/mol. The number of fused-ring (bicyclic) bond motifs is 1. The lowest BCUT2D eigenvalue weighted by atomic mass is 10.1. The molecule has 1 heterocycles. The van der Waals surface area contributed by atoms with E-state index in [1.54, 1.807) is 0 Å². The normalized spacial score (nSPS) is 13.1. The highest BCUT2D eigenvalue weighted by atomic mass is 127. The van der Waals surface area contributed by atoms with Gasteiger partial charge in [0.2, 0.25) is 0 Å². The second-order valence-corrected chi connectivity index (χ2v) is 7.28. The standard InChI is InChI=1S/C16H20IN3O2/c1-16(2,3)19-8-10(21)9-22-13-6-4-5-11-14(13)15(17)12(7-18)20-11/h4-6,10,19-21H,8-9H2,1-3H3/t10-/m1/s1. The second kappa shape index (κ2) is 6.86. The highest BCUT2D eigenvalue weighted by molar-refractivity contribution is 14.1. The maximum Gasteiger partial charge on any atom is 0.132 e. The average Bonchev–Trinajstić information content (AvgIpc) is 2.79. The Hall–Kier alpha value is -1.30. The number of aromatic nitrogens is 1. The molecule has 2 rings (SSSR count). The van der Waals surface area contributed by atoms with Gasteiger partial charge in [-0.2, -0.15) is 5.26 Å². The van der Waals surface area contributed by atoms with Crippen LogP contribution in [-0.2, 0) is 0 Å². The van der Waals surface area contributed by atoms with Gasteiger partial charge < -0.3 is 20.1 Å². The predicted molar refractivity (Wildman–Crippen MR) is 95.0 cm³/mol. The summed E-state index contributed by atoms with van der Waals surface area (Å²) >= 11 is 2.14. The number of hydrogen-bond donors (Lipinski definition) is 3. The summed E-state index contributed by atoms with van der Waals surface area (Å²) < 4.78 is 6.60. The predicted octanol–water partition coefficient (Wildman–Crippen LogP) is 2.77. The molecule has 2 aromatic rings. The molecule has 0 bridgehead atoms. The van der Waals surface area contributed by atoms with Crippen LogP contribution in [0.3, 0.4) is 0 Å². The Kier molecular flexibility index (Phi) is 5.32. The SMILES string of the molecule is CC(C)(C)NC[C@@H](O)COc1cccc2[nH]c(C#N)c(I)c12. The van der Waals surface area contributed by atoms with E-state index < -0.39 is 6.10 Å². The van der Waals surface area contributed by atoms with Crippen molar-refractivity contribution in [3.8, 4) is 11.8 Å². The summed E-state index contributed by atoms with van der Waals surface area (Å²) in [6.07, 6.45) is -0.596. The summed E-state index contributed by atoms with van der Waals surface area (Å²) in [5.74, 6) is 0.675. The quantitative estimate of drug-likeness (QED) is 0.659. The molecule has 0 saturated carbocycles. The maximum absolute atomic E-state index is 10.0. The molecule has 0 unspecified atom stereocenters. The van der Waals surface area contributed by atoms with E-state index >= 15 is 0 Å². The molecule has 0 fully saturated rings. The zero-order valence-electron chi connectivity index (χ0n) is 12.9. The van der Waals surface area contributed by atoms with Crippen molar-refractivity contribution in [2.75, 3.05) is 13.2 Å². The van der Waals surface area contributed by atoms with E-state index in [0.29, 0.717) is 18.0 Å². The summed E-state index contributed by atoms with van der Waals surface area (Å²) in [7, 11) is 0. The van der Waals surface area contributed by atoms with Crippen molar-refractivity contribution in [3.05, 3.63) is 27.5 Å². The third-order valence-corrected chi connectivity index (χ3v) is 4.21. The minimum Gasteiger partial charge on any atom is -0.490 e. The van der Waals surface area contributed by atoms with E-state index in [1.807, 2.05) is 39.0 Å². The molecule has 0 aliphatic rings. The first-order valence-corrected chi connectivity index (χ1v) is 8.16. The molecule has 3 N–H and O–H groups in total. The van der Waals surface area contributed by atoms with Gasteiger partial charge in [-0.3, -0.25) is 0 Å². The molecule has 1 aromatic heterocycles. The van der Waals surface area contributed by atoms with Gasteiger partial charge in [-0.25, -0.2) is 0 Å². The van der Waals surface area contributed by atoms with E-state index in [9.17, 15) is 5.11 Å². The number of halogens is 1. The smallest absolute Gasteiger partial charge is 0.132 e. The van der Waals surface area contributed by atoms with Crippen molar-refractivity contribution >= 4 is 33.5 Å². The first-order chi connectivity index (χ1) is 10.3. The molecule has 6 heteroatoms. The highest BCUT2D eigenvalue weighted by Crippen LogP contribution is 2.32. The number of aromatic amines is 1. The van der Waals surface area contributed by atoms with E-state index in [4.69, 9.17) is 10.00 Å². The van der Waals surface area contributed by atoms with Crippen LogP contribution < -0.4 is 10.1 Å². The molecule has 22 heavy (non-hydrogen) atoms. The van der Waals surface area contributed by atoms with Gasteiger partial charge in [0, 0.05) is 12.1 Å². The van der Waals surface area contributed by atoms with Crippen molar-refractivity contribution in [2.45, 2.75) is 32.4 Å². The number of H-pyrrole nitrogens is 1. The number of rotatable bonds is 5. The summed E-state index contributed by atoms with van der Waals surface area (Å²) in [5, 5.41) is 23.2. The zero-order chi connectivity index (χ0) is 16.3. The van der Waals surface area contributed by atoms with Gasteiger partial charge in [-0.1, -0.05) is 6.07 Å². The molecule has 0 aliphatic heterocycles. The third-order valence-electron chi connectivity index (χ3n) is 3.14. The Balaban J connectivity index is 2.09. The molecule has 0 saturated heterocycles. The van der Waals surface area contributed by atoms with E-state index in [0.717, 1.165) is 14.5 Å². The fraction of sp³-hybridized carbons (Fsp3) is 0.438. The number of ether oxygens (including phenoxy) is 1. The number of nitriles is 1. The van der Waals surface area contributed by atoms with Crippen LogP contribution in [0.5, 0.6) is 5.75 Å². The van der Waals surface area contributed by atoms with Crippen LogP contribution in [0, 0.1) is 14.9 Å². The number of nitrogens with one attached hydrogen (secondary N) is 2. The second-order valence-electron chi connectivity index (χ2n) is 6.20. The third kappa shape index (κ3) is 4.12. The monoisotopic (exact) mass is 413 g/mol. The number of benzene rings is 1. The Labute approximate surface area is 143 Å². The number of aliphatic hydroxyl groups excluding tert-OH is 1. The Morgan fingerprint density at radius 1 is 1.45 bits per heavy atom. The first-order valence-electron chi connectivity index (χ1n) is 7.08. The maximum atomic E-state index is 10.0. The summed E-state index contributed by atoms with van der Waals surface area (Å²) in [6, 6.07) is 7.76. The Morgan fingerprint density at radius 3 is 2.82 bits per heavy atom. The van der Waals surface area contributed by atoms with Crippen molar-refractivity contribution in [1.29, 1.82) is 5.26 Å². The molecule has 0 spiro atoms. The fourth-order valence-corrected chi connectivity index (χ4v) is 2.85. The van der Waals surface area contributed by atoms with Gasteiger partial charge >= 0.3 is 0 Å².